The molecule has 7 heteroatoms. The van der Waals surface area contributed by atoms with E-state index in [0.717, 1.165) is 0 Å². The third-order valence-electron chi connectivity index (χ3n) is 5.89. The third kappa shape index (κ3) is 3.24. The lowest BCUT2D eigenvalue weighted by atomic mass is 9.80. The van der Waals surface area contributed by atoms with Crippen LogP contribution in [0.4, 0.5) is 0 Å². The molecule has 0 spiro atoms. The number of hydrogen-bond acceptors (Lipinski definition) is 7. The average Bonchev–Trinajstić information content (AvgIpc) is 2.99. The lowest BCUT2D eigenvalue weighted by molar-refractivity contribution is -0.208. The number of carbonyl (C=O) groups is 2. The molecule has 0 aromatic heterocycles. The molecule has 0 amide bonds. The zero-order valence-electron chi connectivity index (χ0n) is 16.0. The molecule has 2 saturated heterocycles. The van der Waals surface area contributed by atoms with Crippen molar-refractivity contribution in [2.45, 2.75) is 70.2 Å². The smallest absolute Gasteiger partial charge is 0.334 e. The van der Waals surface area contributed by atoms with Gasteiger partial charge in [-0.1, -0.05) is 12.7 Å². The van der Waals surface area contributed by atoms with E-state index in [1.807, 2.05) is 0 Å². The van der Waals surface area contributed by atoms with Crippen LogP contribution in [0.1, 0.15) is 40.5 Å². The predicted octanol–water partition coefficient (Wildman–Crippen LogP) is 1.54. The minimum Gasteiger partial charge on any atom is -0.458 e. The summed E-state index contributed by atoms with van der Waals surface area (Å²) in [5.41, 5.74) is -0.120. The van der Waals surface area contributed by atoms with Crippen LogP contribution in [-0.4, -0.2) is 51.9 Å². The fourth-order valence-electron chi connectivity index (χ4n) is 3.94. The zero-order valence-corrected chi connectivity index (χ0v) is 16.0. The Labute approximate surface area is 158 Å². The number of hydrogen-bond donors (Lipinski definition) is 2. The van der Waals surface area contributed by atoms with E-state index in [4.69, 9.17) is 14.2 Å². The minimum atomic E-state index is -1.67. The standard InChI is InChI=1S/C20H26O7/c1-6-10(2)17(22)26-14-8-19(5)15(21)9-20(24,27-19)11(3)7-13-16(14)12(4)18(23)25-13/h6-7,13-16,21,24H,4,8-9H2,1-3,5H3/b10-6-,11-7-/t13-,14-,15+,16+,19-,20-/m1/s1. The summed E-state index contributed by atoms with van der Waals surface area (Å²) in [5, 5.41) is 21.4. The van der Waals surface area contributed by atoms with E-state index in [0.29, 0.717) is 11.1 Å². The highest BCUT2D eigenvalue weighted by atomic mass is 16.7. The predicted molar refractivity (Wildman–Crippen MR) is 95.3 cm³/mol. The first-order valence-electron chi connectivity index (χ1n) is 9.04. The second kappa shape index (κ2) is 6.58. The van der Waals surface area contributed by atoms with E-state index < -0.39 is 47.6 Å². The summed E-state index contributed by atoms with van der Waals surface area (Å²) in [4.78, 5) is 24.5. The molecule has 3 rings (SSSR count). The van der Waals surface area contributed by atoms with Crippen LogP contribution in [-0.2, 0) is 23.8 Å². The lowest BCUT2D eigenvalue weighted by Gasteiger charge is -2.34. The number of ether oxygens (including phenoxy) is 3. The van der Waals surface area contributed by atoms with Gasteiger partial charge < -0.3 is 24.4 Å². The maximum atomic E-state index is 12.4. The lowest BCUT2D eigenvalue weighted by Crippen LogP contribution is -2.44. The van der Waals surface area contributed by atoms with Gasteiger partial charge in [0.05, 0.1) is 17.6 Å². The Morgan fingerprint density at radius 3 is 2.74 bits per heavy atom. The quantitative estimate of drug-likeness (QED) is 0.427. The average molecular weight is 378 g/mol. The fraction of sp³-hybridized carbons (Fsp3) is 0.600. The van der Waals surface area contributed by atoms with Crippen LogP contribution < -0.4 is 0 Å². The molecule has 27 heavy (non-hydrogen) atoms. The summed E-state index contributed by atoms with van der Waals surface area (Å²) in [5.74, 6) is -3.39. The normalized spacial score (nSPS) is 43.8. The third-order valence-corrected chi connectivity index (χ3v) is 5.89. The first kappa shape index (κ1) is 19.8. The molecule has 3 heterocycles. The maximum absolute atomic E-state index is 12.4. The number of allylic oxidation sites excluding steroid dienone is 1. The van der Waals surface area contributed by atoms with Gasteiger partial charge in [-0.15, -0.1) is 0 Å². The van der Waals surface area contributed by atoms with Gasteiger partial charge in [0, 0.05) is 24.0 Å². The molecule has 3 aliphatic heterocycles. The Balaban J connectivity index is 2.07. The molecule has 0 aromatic carbocycles. The molecule has 0 unspecified atom stereocenters. The van der Waals surface area contributed by atoms with Crippen LogP contribution in [0.3, 0.4) is 0 Å². The molecule has 2 N–H and O–H groups in total. The Kier molecular flexibility index (Phi) is 4.82. The van der Waals surface area contributed by atoms with Crippen LogP contribution >= 0.6 is 0 Å². The molecule has 0 saturated carbocycles. The van der Waals surface area contributed by atoms with Crippen LogP contribution in [0.25, 0.3) is 0 Å². The SMILES string of the molecule is C=C1C(=O)O[C@@H]2/C=C(/C)[C@@]3(O)C[C@H](O)[C@@](C)(C[C@@H](OC(=O)/C(C)=C\C)[C@@H]12)O3. The fourth-order valence-corrected chi connectivity index (χ4v) is 3.94. The van der Waals surface area contributed by atoms with Crippen molar-refractivity contribution < 1.29 is 34.0 Å². The van der Waals surface area contributed by atoms with Crippen molar-refractivity contribution in [3.05, 3.63) is 35.5 Å². The molecule has 6 atom stereocenters. The highest BCUT2D eigenvalue weighted by Crippen LogP contribution is 2.48. The number of aliphatic hydroxyl groups excluding tert-OH is 1. The second-order valence-corrected chi connectivity index (χ2v) is 7.81. The number of carbonyl (C=O) groups excluding carboxylic acids is 2. The monoisotopic (exact) mass is 378 g/mol. The van der Waals surface area contributed by atoms with E-state index >= 15 is 0 Å². The van der Waals surface area contributed by atoms with Crippen molar-refractivity contribution in [2.24, 2.45) is 5.92 Å². The summed E-state index contributed by atoms with van der Waals surface area (Å²) in [7, 11) is 0. The minimum absolute atomic E-state index is 0.0212. The summed E-state index contributed by atoms with van der Waals surface area (Å²) in [6.07, 6.45) is 0.753. The van der Waals surface area contributed by atoms with Crippen molar-refractivity contribution in [1.29, 1.82) is 0 Å². The molecule has 0 aromatic rings. The van der Waals surface area contributed by atoms with Gasteiger partial charge in [-0.25, -0.2) is 9.59 Å². The Bertz CT molecular complexity index is 751. The van der Waals surface area contributed by atoms with Gasteiger partial charge in [0.1, 0.15) is 12.2 Å². The van der Waals surface area contributed by atoms with Crippen LogP contribution in [0, 0.1) is 5.92 Å². The first-order valence-corrected chi connectivity index (χ1v) is 9.04. The molecule has 3 aliphatic rings. The number of rotatable bonds is 2. The summed E-state index contributed by atoms with van der Waals surface area (Å²) >= 11 is 0. The zero-order chi connectivity index (χ0) is 20.1. The topological polar surface area (TPSA) is 102 Å². The number of aliphatic hydroxyl groups is 2. The van der Waals surface area contributed by atoms with E-state index in [-0.39, 0.29) is 18.4 Å². The van der Waals surface area contributed by atoms with Gasteiger partial charge in [0.15, 0.2) is 5.79 Å². The molecule has 0 aliphatic carbocycles. The van der Waals surface area contributed by atoms with Crippen molar-refractivity contribution in [3.63, 3.8) is 0 Å². The summed E-state index contributed by atoms with van der Waals surface area (Å²) in [6.45, 7) is 10.5. The molecule has 2 bridgehead atoms. The van der Waals surface area contributed by atoms with E-state index in [1.165, 1.54) is 0 Å². The van der Waals surface area contributed by atoms with Gasteiger partial charge in [-0.3, -0.25) is 0 Å². The molecule has 0 radical (unpaired) electrons. The molecule has 7 nitrogen and oxygen atoms in total. The summed E-state index contributed by atoms with van der Waals surface area (Å²) < 4.78 is 17.0. The van der Waals surface area contributed by atoms with Crippen molar-refractivity contribution in [2.75, 3.05) is 0 Å². The van der Waals surface area contributed by atoms with E-state index in [2.05, 4.69) is 6.58 Å². The maximum Gasteiger partial charge on any atom is 0.334 e. The van der Waals surface area contributed by atoms with E-state index in [9.17, 15) is 19.8 Å². The highest BCUT2D eigenvalue weighted by Gasteiger charge is 2.58. The van der Waals surface area contributed by atoms with Gasteiger partial charge in [0.2, 0.25) is 0 Å². The van der Waals surface area contributed by atoms with Crippen LogP contribution in [0.2, 0.25) is 0 Å². The Morgan fingerprint density at radius 1 is 1.44 bits per heavy atom. The van der Waals surface area contributed by atoms with Crippen molar-refractivity contribution in [3.8, 4) is 0 Å². The van der Waals surface area contributed by atoms with E-state index in [1.54, 1.807) is 39.8 Å². The van der Waals surface area contributed by atoms with Gasteiger partial charge in [0.25, 0.3) is 0 Å². The first-order chi connectivity index (χ1) is 12.5. The molecular formula is C20H26O7. The molecule has 2 fully saturated rings. The highest BCUT2D eigenvalue weighted by molar-refractivity contribution is 5.92. The Morgan fingerprint density at radius 2 is 2.11 bits per heavy atom. The molecular weight excluding hydrogens is 352 g/mol. The van der Waals surface area contributed by atoms with Crippen LogP contribution in [0.15, 0.2) is 35.5 Å². The van der Waals surface area contributed by atoms with Gasteiger partial charge in [-0.05, 0) is 39.3 Å². The summed E-state index contributed by atoms with van der Waals surface area (Å²) in [6, 6.07) is 0. The molecule has 148 valence electrons. The van der Waals surface area contributed by atoms with Gasteiger partial charge >= 0.3 is 11.9 Å². The Hall–Kier alpha value is -1.96. The van der Waals surface area contributed by atoms with Gasteiger partial charge in [-0.2, -0.15) is 0 Å². The largest absolute Gasteiger partial charge is 0.458 e. The second-order valence-electron chi connectivity index (χ2n) is 7.81. The van der Waals surface area contributed by atoms with Crippen molar-refractivity contribution >= 4 is 11.9 Å². The van der Waals surface area contributed by atoms with Crippen molar-refractivity contribution in [1.82, 2.24) is 0 Å². The number of esters is 2. The van der Waals surface area contributed by atoms with Crippen LogP contribution in [0.5, 0.6) is 0 Å². The number of fused-ring (bicyclic) bond motifs is 3.